The predicted molar refractivity (Wildman–Crippen MR) is 65.2 cm³/mol. The van der Waals surface area contributed by atoms with Crippen LogP contribution in [0.2, 0.25) is 5.02 Å². The first-order chi connectivity index (χ1) is 8.40. The molecule has 0 amide bonds. The minimum Gasteiger partial charge on any atom is -0.297 e. The van der Waals surface area contributed by atoms with Crippen LogP contribution in [-0.4, -0.2) is 6.29 Å². The molecule has 18 heavy (non-hydrogen) atoms. The highest BCUT2D eigenvalue weighted by molar-refractivity contribution is 7.17. The summed E-state index contributed by atoms with van der Waals surface area (Å²) in [5, 5.41) is 0.0147. The molecule has 0 fully saturated rings. The van der Waals surface area contributed by atoms with Crippen LogP contribution < -0.4 is 0 Å². The zero-order chi connectivity index (χ0) is 13.3. The molecular weight excluding hydrogens is 285 g/mol. The van der Waals surface area contributed by atoms with E-state index in [1.54, 1.807) is 12.1 Å². The van der Waals surface area contributed by atoms with E-state index in [1.807, 2.05) is 0 Å². The van der Waals surface area contributed by atoms with Crippen molar-refractivity contribution in [2.24, 2.45) is 0 Å². The van der Waals surface area contributed by atoms with Crippen LogP contribution in [0, 0.1) is 0 Å². The Labute approximate surface area is 110 Å². The summed E-state index contributed by atoms with van der Waals surface area (Å²) in [6.45, 7) is 0. The van der Waals surface area contributed by atoms with Crippen molar-refractivity contribution in [3.63, 3.8) is 0 Å². The van der Waals surface area contributed by atoms with Crippen molar-refractivity contribution < 1.29 is 18.0 Å². The van der Waals surface area contributed by atoms with Gasteiger partial charge in [0.15, 0.2) is 6.29 Å². The van der Waals surface area contributed by atoms with Crippen LogP contribution in [0.4, 0.5) is 13.2 Å². The number of rotatable bonds is 2. The van der Waals surface area contributed by atoms with Crippen LogP contribution >= 0.6 is 22.9 Å². The summed E-state index contributed by atoms with van der Waals surface area (Å²) >= 11 is 6.80. The second-order valence-electron chi connectivity index (χ2n) is 3.55. The molecule has 94 valence electrons. The number of hydrogen-bond acceptors (Lipinski definition) is 2. The van der Waals surface area contributed by atoms with Gasteiger partial charge in [0, 0.05) is 9.90 Å². The molecular formula is C12H6ClF3OS. The van der Waals surface area contributed by atoms with Crippen LogP contribution in [0.5, 0.6) is 0 Å². The smallest absolute Gasteiger partial charge is 0.297 e. The van der Waals surface area contributed by atoms with E-state index in [0.29, 0.717) is 21.6 Å². The summed E-state index contributed by atoms with van der Waals surface area (Å²) in [7, 11) is 0. The molecule has 1 heterocycles. The number of carbonyl (C=O) groups excluding carboxylic acids is 1. The number of alkyl halides is 3. The summed E-state index contributed by atoms with van der Waals surface area (Å²) in [5.74, 6) is 0. The van der Waals surface area contributed by atoms with E-state index in [2.05, 4.69) is 0 Å². The Kier molecular flexibility index (Phi) is 3.45. The summed E-state index contributed by atoms with van der Waals surface area (Å²) < 4.78 is 37.9. The predicted octanol–water partition coefficient (Wildman–Crippen LogP) is 4.90. The highest BCUT2D eigenvalue weighted by Gasteiger charge is 2.31. The highest BCUT2D eigenvalue weighted by Crippen LogP contribution is 2.36. The first-order valence-electron chi connectivity index (χ1n) is 4.83. The Morgan fingerprint density at radius 1 is 1.17 bits per heavy atom. The largest absolute Gasteiger partial charge is 0.416 e. The molecule has 0 radical (unpaired) electrons. The van der Waals surface area contributed by atoms with Gasteiger partial charge in [0.2, 0.25) is 0 Å². The molecule has 0 aliphatic carbocycles. The zero-order valence-electron chi connectivity index (χ0n) is 8.79. The van der Waals surface area contributed by atoms with Gasteiger partial charge in [0.25, 0.3) is 0 Å². The fraction of sp³-hybridized carbons (Fsp3) is 0.0833. The monoisotopic (exact) mass is 290 g/mol. The van der Waals surface area contributed by atoms with Crippen LogP contribution in [0.25, 0.3) is 10.4 Å². The first kappa shape index (κ1) is 13.1. The first-order valence-corrected chi connectivity index (χ1v) is 6.03. The fourth-order valence-electron chi connectivity index (χ4n) is 1.47. The summed E-state index contributed by atoms with van der Waals surface area (Å²) in [6, 6.07) is 6.49. The topological polar surface area (TPSA) is 17.1 Å². The van der Waals surface area contributed by atoms with E-state index >= 15 is 0 Å². The van der Waals surface area contributed by atoms with Crippen LogP contribution in [-0.2, 0) is 6.18 Å². The van der Waals surface area contributed by atoms with Gasteiger partial charge >= 0.3 is 6.18 Å². The number of halogens is 4. The molecule has 0 aliphatic rings. The third kappa shape index (κ3) is 2.73. The normalized spacial score (nSPS) is 11.6. The third-order valence-corrected chi connectivity index (χ3v) is 3.53. The average Bonchev–Trinajstić information content (AvgIpc) is 2.75. The van der Waals surface area contributed by atoms with Gasteiger partial charge < -0.3 is 0 Å². The lowest BCUT2D eigenvalue weighted by atomic mass is 10.1. The maximum Gasteiger partial charge on any atom is 0.416 e. The van der Waals surface area contributed by atoms with Crippen LogP contribution in [0.3, 0.4) is 0 Å². The molecule has 6 heteroatoms. The molecule has 1 aromatic heterocycles. The van der Waals surface area contributed by atoms with Gasteiger partial charge in [-0.2, -0.15) is 13.2 Å². The molecule has 1 aromatic carbocycles. The second-order valence-corrected chi connectivity index (χ2v) is 5.10. The second kappa shape index (κ2) is 4.74. The lowest BCUT2D eigenvalue weighted by Gasteiger charge is -2.08. The van der Waals surface area contributed by atoms with E-state index in [1.165, 1.54) is 6.07 Å². The van der Waals surface area contributed by atoms with E-state index in [-0.39, 0.29) is 5.02 Å². The molecule has 2 rings (SSSR count). The Morgan fingerprint density at radius 3 is 2.44 bits per heavy atom. The number of benzene rings is 1. The Balaban J connectivity index is 2.51. The van der Waals surface area contributed by atoms with Gasteiger partial charge in [0.05, 0.1) is 10.4 Å². The molecule has 0 saturated heterocycles. The molecule has 1 nitrogen and oxygen atoms in total. The summed E-state index contributed by atoms with van der Waals surface area (Å²) in [4.78, 5) is 11.6. The highest BCUT2D eigenvalue weighted by atomic mass is 35.5. The number of aldehydes is 1. The van der Waals surface area contributed by atoms with Gasteiger partial charge in [0.1, 0.15) is 0 Å². The van der Waals surface area contributed by atoms with Crippen molar-refractivity contribution in [2.45, 2.75) is 6.18 Å². The van der Waals surface area contributed by atoms with Crippen LogP contribution in [0.1, 0.15) is 15.2 Å². The van der Waals surface area contributed by atoms with Gasteiger partial charge in [-0.15, -0.1) is 11.3 Å². The molecule has 2 aromatic rings. The number of thiophene rings is 1. The van der Waals surface area contributed by atoms with Crippen molar-refractivity contribution in [2.75, 3.05) is 0 Å². The van der Waals surface area contributed by atoms with E-state index in [9.17, 15) is 18.0 Å². The molecule has 0 aliphatic heterocycles. The maximum absolute atomic E-state index is 12.6. The Hall–Kier alpha value is -1.33. The SMILES string of the molecule is O=Cc1ccc(-c2cc(Cl)cc(C(F)(F)F)c2)s1. The zero-order valence-corrected chi connectivity index (χ0v) is 10.4. The average molecular weight is 291 g/mol. The van der Waals surface area contributed by atoms with Gasteiger partial charge in [-0.25, -0.2) is 0 Å². The number of hydrogen-bond donors (Lipinski definition) is 0. The van der Waals surface area contributed by atoms with Crippen molar-refractivity contribution in [3.8, 4) is 10.4 Å². The lowest BCUT2D eigenvalue weighted by Crippen LogP contribution is -2.04. The molecule has 0 unspecified atom stereocenters. The third-order valence-electron chi connectivity index (χ3n) is 2.25. The van der Waals surface area contributed by atoms with Crippen molar-refractivity contribution in [1.82, 2.24) is 0 Å². The summed E-state index contributed by atoms with van der Waals surface area (Å²) in [5.41, 5.74) is -0.445. The Morgan fingerprint density at radius 2 is 1.89 bits per heavy atom. The molecule has 0 N–H and O–H groups in total. The molecule has 0 bridgehead atoms. The van der Waals surface area contributed by atoms with Crippen LogP contribution in [0.15, 0.2) is 30.3 Å². The quantitative estimate of drug-likeness (QED) is 0.719. The van der Waals surface area contributed by atoms with Crippen molar-refractivity contribution in [3.05, 3.63) is 45.8 Å². The van der Waals surface area contributed by atoms with Crippen molar-refractivity contribution in [1.29, 1.82) is 0 Å². The van der Waals surface area contributed by atoms with E-state index in [0.717, 1.165) is 23.5 Å². The lowest BCUT2D eigenvalue weighted by molar-refractivity contribution is -0.137. The minimum absolute atomic E-state index is 0.0147. The Bertz CT molecular complexity index is 589. The standard InChI is InChI=1S/C12H6ClF3OS/c13-9-4-7(3-8(5-9)12(14,15)16)11-2-1-10(6-17)18-11/h1-6H. The van der Waals surface area contributed by atoms with Gasteiger partial charge in [-0.05, 0) is 35.9 Å². The fourth-order valence-corrected chi connectivity index (χ4v) is 2.51. The van der Waals surface area contributed by atoms with E-state index in [4.69, 9.17) is 11.6 Å². The van der Waals surface area contributed by atoms with Gasteiger partial charge in [-0.1, -0.05) is 11.6 Å². The van der Waals surface area contributed by atoms with Gasteiger partial charge in [-0.3, -0.25) is 4.79 Å². The van der Waals surface area contributed by atoms with E-state index < -0.39 is 11.7 Å². The summed E-state index contributed by atoms with van der Waals surface area (Å²) in [6.07, 6.45) is -3.78. The maximum atomic E-state index is 12.6. The molecule has 0 atom stereocenters. The van der Waals surface area contributed by atoms with Crippen molar-refractivity contribution >= 4 is 29.2 Å². The molecule has 0 saturated carbocycles. The number of carbonyl (C=O) groups is 1. The minimum atomic E-state index is -4.44. The molecule has 0 spiro atoms.